The minimum Gasteiger partial charge on any atom is -0.486 e. The van der Waals surface area contributed by atoms with E-state index in [4.69, 9.17) is 22.1 Å². The summed E-state index contributed by atoms with van der Waals surface area (Å²) in [7, 11) is -4.56. The third-order valence-electron chi connectivity index (χ3n) is 8.33. The molecule has 0 spiro atoms. The first-order valence-electron chi connectivity index (χ1n) is 14.9. The molecule has 0 saturated carbocycles. The van der Waals surface area contributed by atoms with Gasteiger partial charge in [0.2, 0.25) is 11.8 Å². The first kappa shape index (κ1) is 34.2. The van der Waals surface area contributed by atoms with E-state index in [-0.39, 0.29) is 53.2 Å². The van der Waals surface area contributed by atoms with Gasteiger partial charge in [0.05, 0.1) is 27.7 Å². The molecular weight excluding hydrogens is 662 g/mol. The Kier molecular flexibility index (Phi) is 9.88. The van der Waals surface area contributed by atoms with Crippen molar-refractivity contribution in [3.05, 3.63) is 88.2 Å². The van der Waals surface area contributed by atoms with E-state index < -0.39 is 44.5 Å². The predicted octanol–water partition coefficient (Wildman–Crippen LogP) is 6.52. The van der Waals surface area contributed by atoms with Crippen LogP contribution < -0.4 is 14.8 Å². The smallest absolute Gasteiger partial charge is 0.416 e. The summed E-state index contributed by atoms with van der Waals surface area (Å²) < 4.78 is 90.3. The lowest BCUT2D eigenvalue weighted by atomic mass is 9.96. The topological polar surface area (TPSA) is 110 Å². The van der Waals surface area contributed by atoms with E-state index in [1.54, 1.807) is 24.0 Å². The van der Waals surface area contributed by atoms with E-state index in [1.807, 2.05) is 0 Å². The van der Waals surface area contributed by atoms with Crippen LogP contribution >= 0.6 is 11.6 Å². The molecule has 1 atom stereocenters. The van der Waals surface area contributed by atoms with Crippen LogP contribution in [0.25, 0.3) is 11.6 Å². The molecule has 0 unspecified atom stereocenters. The van der Waals surface area contributed by atoms with E-state index in [0.717, 1.165) is 22.5 Å². The number of carbonyl (C=O) groups excluding carboxylic acids is 2. The average Bonchev–Trinajstić information content (AvgIpc) is 3.03. The van der Waals surface area contributed by atoms with Crippen molar-refractivity contribution < 1.29 is 40.3 Å². The molecule has 3 aromatic carbocycles. The minimum absolute atomic E-state index is 0.0160. The Balaban J connectivity index is 1.46. The summed E-state index contributed by atoms with van der Waals surface area (Å²) in [6, 6.07) is 12.4. The molecule has 14 heteroatoms. The molecule has 47 heavy (non-hydrogen) atoms. The molecule has 3 aromatic rings. The molecule has 0 bridgehead atoms. The zero-order valence-corrected chi connectivity index (χ0v) is 26.8. The SMILES string of the molecule is C/C(=C\c1ccc2c(c1)N(S(=O)(=O)c1cccc(C(F)(F)F)c1)C[C@H](CCC(=O)N1CCC(C(N)=O)CC1)O2)c1c(F)cccc1Cl. The van der Waals surface area contributed by atoms with Gasteiger partial charge in [-0.1, -0.05) is 35.9 Å². The number of carbonyl (C=O) groups is 2. The Morgan fingerprint density at radius 1 is 1.06 bits per heavy atom. The van der Waals surface area contributed by atoms with Crippen LogP contribution in [0.1, 0.15) is 49.3 Å². The molecule has 1 saturated heterocycles. The van der Waals surface area contributed by atoms with Gasteiger partial charge in [-0.25, -0.2) is 12.8 Å². The Bertz CT molecular complexity index is 1800. The number of rotatable bonds is 8. The lowest BCUT2D eigenvalue weighted by Crippen LogP contribution is -2.45. The van der Waals surface area contributed by atoms with Gasteiger partial charge in [0.15, 0.2) is 0 Å². The van der Waals surface area contributed by atoms with E-state index in [9.17, 15) is 35.6 Å². The monoisotopic (exact) mass is 693 g/mol. The normalized spacial score (nSPS) is 17.7. The summed E-state index contributed by atoms with van der Waals surface area (Å²) >= 11 is 6.22. The quantitative estimate of drug-likeness (QED) is 0.214. The summed E-state index contributed by atoms with van der Waals surface area (Å²) in [6.07, 6.45) is -2.93. The Labute approximate surface area is 274 Å². The van der Waals surface area contributed by atoms with E-state index >= 15 is 0 Å². The fourth-order valence-corrected chi connectivity index (χ4v) is 7.67. The number of nitrogens with two attached hydrogens (primary N) is 1. The highest BCUT2D eigenvalue weighted by Gasteiger charge is 2.37. The van der Waals surface area contributed by atoms with E-state index in [0.29, 0.717) is 43.1 Å². The van der Waals surface area contributed by atoms with Crippen LogP contribution in [0.4, 0.5) is 23.2 Å². The lowest BCUT2D eigenvalue weighted by molar-refractivity contribution is -0.137. The third kappa shape index (κ3) is 7.57. The Morgan fingerprint density at radius 3 is 2.43 bits per heavy atom. The zero-order chi connectivity index (χ0) is 34.1. The summed E-state index contributed by atoms with van der Waals surface area (Å²) in [5.74, 6) is -1.30. The molecule has 2 heterocycles. The van der Waals surface area contributed by atoms with Crippen molar-refractivity contribution in [2.24, 2.45) is 11.7 Å². The van der Waals surface area contributed by atoms with Crippen LogP contribution in [-0.2, 0) is 25.8 Å². The number of hydrogen-bond acceptors (Lipinski definition) is 5. The van der Waals surface area contributed by atoms with Gasteiger partial charge in [0.25, 0.3) is 10.0 Å². The van der Waals surface area contributed by atoms with Crippen molar-refractivity contribution in [3.8, 4) is 5.75 Å². The minimum atomic E-state index is -4.77. The second-order valence-corrected chi connectivity index (χ2v) is 13.8. The Hall–Kier alpha value is -4.10. The molecule has 0 aromatic heterocycles. The molecule has 2 aliphatic rings. The van der Waals surface area contributed by atoms with Gasteiger partial charge in [-0.05, 0) is 79.8 Å². The fraction of sp³-hybridized carbons (Fsp3) is 0.333. The standard InChI is InChI=1S/C33H32ClF4N3O5S/c1-20(31-26(34)6-3-7-27(31)35)16-21-8-10-29-28(17-21)41(47(44,45)25-5-2-4-23(18-25)33(36,37)38)19-24(46-29)9-11-30(42)40-14-12-22(13-15-40)32(39)43/h2-8,10,16-18,22,24H,9,11-15,19H2,1H3,(H2,39,43)/b20-16+/t24-/m0/s1. The molecule has 0 aliphatic carbocycles. The molecule has 1 fully saturated rings. The molecule has 8 nitrogen and oxygen atoms in total. The number of sulfonamides is 1. The summed E-state index contributed by atoms with van der Waals surface area (Å²) in [5, 5.41) is 0.184. The van der Waals surface area contributed by atoms with Crippen molar-refractivity contribution >= 4 is 50.8 Å². The van der Waals surface area contributed by atoms with Crippen molar-refractivity contribution in [3.63, 3.8) is 0 Å². The van der Waals surface area contributed by atoms with Crippen molar-refractivity contribution in [1.29, 1.82) is 0 Å². The third-order valence-corrected chi connectivity index (χ3v) is 10.4. The molecule has 2 amide bonds. The second kappa shape index (κ2) is 13.6. The highest BCUT2D eigenvalue weighted by Crippen LogP contribution is 2.40. The van der Waals surface area contributed by atoms with Crippen LogP contribution in [-0.4, -0.2) is 50.9 Å². The first-order valence-corrected chi connectivity index (χ1v) is 16.7. The number of benzene rings is 3. The summed E-state index contributed by atoms with van der Waals surface area (Å²) in [4.78, 5) is 25.5. The highest BCUT2D eigenvalue weighted by atomic mass is 35.5. The van der Waals surface area contributed by atoms with Crippen LogP contribution in [0.3, 0.4) is 0 Å². The maximum absolute atomic E-state index is 14.6. The van der Waals surface area contributed by atoms with Gasteiger partial charge >= 0.3 is 6.18 Å². The number of amides is 2. The molecule has 250 valence electrons. The maximum Gasteiger partial charge on any atom is 0.416 e. The van der Waals surface area contributed by atoms with Crippen LogP contribution in [0.2, 0.25) is 5.02 Å². The maximum atomic E-state index is 14.6. The van der Waals surface area contributed by atoms with Crippen molar-refractivity contribution in [2.75, 3.05) is 23.9 Å². The van der Waals surface area contributed by atoms with Gasteiger partial charge in [-0.2, -0.15) is 13.2 Å². The number of halogens is 5. The number of anilines is 1. The van der Waals surface area contributed by atoms with Gasteiger partial charge in [-0.3, -0.25) is 13.9 Å². The first-order chi connectivity index (χ1) is 22.1. The lowest BCUT2D eigenvalue weighted by Gasteiger charge is -2.36. The summed E-state index contributed by atoms with van der Waals surface area (Å²) in [5.41, 5.74) is 5.41. The van der Waals surface area contributed by atoms with Crippen molar-refractivity contribution in [1.82, 2.24) is 4.90 Å². The molecule has 2 N–H and O–H groups in total. The molecule has 2 aliphatic heterocycles. The van der Waals surface area contributed by atoms with Crippen molar-refractivity contribution in [2.45, 2.75) is 49.8 Å². The predicted molar refractivity (Wildman–Crippen MR) is 170 cm³/mol. The molecule has 0 radical (unpaired) electrons. The number of piperidine rings is 1. The van der Waals surface area contributed by atoms with Gasteiger partial charge < -0.3 is 15.4 Å². The number of ether oxygens (including phenoxy) is 1. The summed E-state index contributed by atoms with van der Waals surface area (Å²) in [6.45, 7) is 2.09. The second-order valence-electron chi connectivity index (χ2n) is 11.5. The number of alkyl halides is 3. The van der Waals surface area contributed by atoms with E-state index in [2.05, 4.69) is 0 Å². The molecular formula is C33H32ClF4N3O5S. The number of nitrogens with zero attached hydrogens (tertiary/aromatic N) is 2. The number of likely N-dealkylation sites (tertiary alicyclic amines) is 1. The van der Waals surface area contributed by atoms with Crippen LogP contribution in [0, 0.1) is 11.7 Å². The molecule has 5 rings (SSSR count). The zero-order valence-electron chi connectivity index (χ0n) is 25.3. The van der Waals surface area contributed by atoms with Crippen LogP contribution in [0.15, 0.2) is 65.6 Å². The largest absolute Gasteiger partial charge is 0.486 e. The van der Waals surface area contributed by atoms with Gasteiger partial charge in [-0.15, -0.1) is 0 Å². The van der Waals surface area contributed by atoms with Crippen LogP contribution in [0.5, 0.6) is 5.75 Å². The number of hydrogen-bond donors (Lipinski definition) is 1. The number of primary amides is 1. The fourth-order valence-electron chi connectivity index (χ4n) is 5.81. The number of allylic oxidation sites excluding steroid dienone is 1. The highest BCUT2D eigenvalue weighted by molar-refractivity contribution is 7.92. The van der Waals surface area contributed by atoms with E-state index in [1.165, 1.54) is 30.3 Å². The van der Waals surface area contributed by atoms with Gasteiger partial charge in [0.1, 0.15) is 17.7 Å². The number of fused-ring (bicyclic) bond motifs is 1. The van der Waals surface area contributed by atoms with Gasteiger partial charge in [0, 0.05) is 31.0 Å². The Morgan fingerprint density at radius 2 is 1.77 bits per heavy atom. The average molecular weight is 694 g/mol.